The summed E-state index contributed by atoms with van der Waals surface area (Å²) in [7, 11) is 0. The molecule has 0 spiro atoms. The number of rotatable bonds is 6. The number of hydrogen-bond donors (Lipinski definition) is 3. The van der Waals surface area contributed by atoms with Crippen LogP contribution < -0.4 is 11.1 Å². The second-order valence-corrected chi connectivity index (χ2v) is 4.05. The lowest BCUT2D eigenvalue weighted by molar-refractivity contribution is -0.140. The molecule has 6 nitrogen and oxygen atoms in total. The normalized spacial score (nSPS) is 11.7. The van der Waals surface area contributed by atoms with E-state index in [1.165, 1.54) is 6.07 Å². The van der Waals surface area contributed by atoms with Crippen molar-refractivity contribution >= 4 is 17.8 Å². The monoisotopic (exact) mass is 286 g/mol. The van der Waals surface area contributed by atoms with Gasteiger partial charge in [0, 0.05) is 0 Å². The zero-order valence-electron chi connectivity index (χ0n) is 10.2. The number of carboxylic acids is 1. The smallest absolute Gasteiger partial charge is 0.305 e. The van der Waals surface area contributed by atoms with Crippen molar-refractivity contribution in [1.82, 2.24) is 5.32 Å². The number of amides is 2. The highest BCUT2D eigenvalue weighted by Gasteiger charge is 2.21. The number of carboxylic acid groups (broad SMARTS) is 1. The van der Waals surface area contributed by atoms with Crippen LogP contribution in [-0.2, 0) is 20.8 Å². The molecule has 0 unspecified atom stereocenters. The quantitative estimate of drug-likeness (QED) is 0.681. The van der Waals surface area contributed by atoms with Crippen molar-refractivity contribution in [3.63, 3.8) is 0 Å². The van der Waals surface area contributed by atoms with Crippen LogP contribution in [0.3, 0.4) is 0 Å². The third-order valence-corrected chi connectivity index (χ3v) is 2.41. The van der Waals surface area contributed by atoms with Crippen LogP contribution in [0, 0.1) is 11.6 Å². The van der Waals surface area contributed by atoms with E-state index in [1.54, 1.807) is 0 Å². The summed E-state index contributed by atoms with van der Waals surface area (Å²) in [6, 6.07) is 1.55. The molecular weight excluding hydrogens is 274 g/mol. The predicted octanol–water partition coefficient (Wildman–Crippen LogP) is -0.0479. The van der Waals surface area contributed by atoms with Crippen molar-refractivity contribution in [2.24, 2.45) is 5.73 Å². The fraction of sp³-hybridized carbons (Fsp3) is 0.250. The van der Waals surface area contributed by atoms with E-state index in [9.17, 15) is 23.2 Å². The van der Waals surface area contributed by atoms with Gasteiger partial charge in [-0.2, -0.15) is 0 Å². The summed E-state index contributed by atoms with van der Waals surface area (Å²) < 4.78 is 25.6. The molecule has 1 rings (SSSR count). The Hall–Kier alpha value is -2.51. The summed E-state index contributed by atoms with van der Waals surface area (Å²) in [4.78, 5) is 33.0. The number of nitrogens with one attached hydrogen (secondary N) is 1. The molecule has 1 atom stereocenters. The van der Waals surface area contributed by atoms with Crippen molar-refractivity contribution in [2.45, 2.75) is 18.9 Å². The third kappa shape index (κ3) is 4.63. The highest BCUT2D eigenvalue weighted by atomic mass is 19.2. The number of primary amides is 1. The predicted molar refractivity (Wildman–Crippen MR) is 63.4 cm³/mol. The second kappa shape index (κ2) is 6.60. The highest BCUT2D eigenvalue weighted by Crippen LogP contribution is 2.09. The van der Waals surface area contributed by atoms with Gasteiger partial charge in [-0.25, -0.2) is 8.78 Å². The molecular formula is C12H12F2N2O4. The molecule has 0 aromatic heterocycles. The number of carbonyl (C=O) groups is 3. The van der Waals surface area contributed by atoms with Gasteiger partial charge in [-0.3, -0.25) is 14.4 Å². The van der Waals surface area contributed by atoms with Gasteiger partial charge >= 0.3 is 5.97 Å². The maximum Gasteiger partial charge on any atom is 0.305 e. The lowest BCUT2D eigenvalue weighted by Crippen LogP contribution is -2.46. The van der Waals surface area contributed by atoms with E-state index in [4.69, 9.17) is 10.8 Å². The average molecular weight is 286 g/mol. The standard InChI is InChI=1S/C12H12F2N2O4/c13-7-2-1-6(3-8(7)14)4-10(17)16-9(12(15)20)5-11(18)19/h1-3,9H,4-5H2,(H2,15,20)(H,16,17)(H,18,19)/t9-/m1/s1. The number of halogens is 2. The first-order valence-electron chi connectivity index (χ1n) is 5.54. The number of hydrogen-bond acceptors (Lipinski definition) is 3. The highest BCUT2D eigenvalue weighted by molar-refractivity contribution is 5.90. The summed E-state index contributed by atoms with van der Waals surface area (Å²) in [5, 5.41) is 10.7. The molecule has 1 aromatic rings. The first kappa shape index (κ1) is 15.5. The van der Waals surface area contributed by atoms with Crippen molar-refractivity contribution in [2.75, 3.05) is 0 Å². The van der Waals surface area contributed by atoms with Crippen molar-refractivity contribution in [3.8, 4) is 0 Å². The minimum atomic E-state index is -1.36. The lowest BCUT2D eigenvalue weighted by Gasteiger charge is -2.13. The van der Waals surface area contributed by atoms with E-state index in [1.807, 2.05) is 0 Å². The Balaban J connectivity index is 2.67. The summed E-state index contributed by atoms with van der Waals surface area (Å²) >= 11 is 0. The van der Waals surface area contributed by atoms with Gasteiger partial charge < -0.3 is 16.2 Å². The van der Waals surface area contributed by atoms with E-state index < -0.39 is 41.9 Å². The molecule has 20 heavy (non-hydrogen) atoms. The SMILES string of the molecule is NC(=O)[C@@H](CC(=O)O)NC(=O)Cc1ccc(F)c(F)c1. The largest absolute Gasteiger partial charge is 0.481 e. The zero-order valence-corrected chi connectivity index (χ0v) is 10.2. The van der Waals surface area contributed by atoms with Gasteiger partial charge in [0.1, 0.15) is 6.04 Å². The molecule has 0 aliphatic carbocycles. The van der Waals surface area contributed by atoms with Gasteiger partial charge in [0.05, 0.1) is 12.8 Å². The molecule has 108 valence electrons. The molecule has 2 amide bonds. The van der Waals surface area contributed by atoms with E-state index in [-0.39, 0.29) is 12.0 Å². The van der Waals surface area contributed by atoms with Gasteiger partial charge in [0.25, 0.3) is 0 Å². The van der Waals surface area contributed by atoms with Crippen LogP contribution in [0.25, 0.3) is 0 Å². The first-order chi connectivity index (χ1) is 9.29. The van der Waals surface area contributed by atoms with Crippen molar-refractivity contribution < 1.29 is 28.3 Å². The summed E-state index contributed by atoms with van der Waals surface area (Å²) in [5.41, 5.74) is 5.12. The van der Waals surface area contributed by atoms with Gasteiger partial charge in [0.15, 0.2) is 11.6 Å². The van der Waals surface area contributed by atoms with Gasteiger partial charge in [-0.05, 0) is 17.7 Å². The molecule has 0 aliphatic heterocycles. The van der Waals surface area contributed by atoms with Crippen LogP contribution in [-0.4, -0.2) is 28.9 Å². The van der Waals surface area contributed by atoms with E-state index in [0.29, 0.717) is 0 Å². The van der Waals surface area contributed by atoms with E-state index in [2.05, 4.69) is 5.32 Å². The Morgan fingerprint density at radius 2 is 1.90 bits per heavy atom. The van der Waals surface area contributed by atoms with Gasteiger partial charge in [-0.15, -0.1) is 0 Å². The van der Waals surface area contributed by atoms with Crippen LogP contribution >= 0.6 is 0 Å². The van der Waals surface area contributed by atoms with Crippen molar-refractivity contribution in [1.29, 1.82) is 0 Å². The van der Waals surface area contributed by atoms with Gasteiger partial charge in [-0.1, -0.05) is 6.07 Å². The van der Waals surface area contributed by atoms with Crippen LogP contribution in [0.1, 0.15) is 12.0 Å². The fourth-order valence-corrected chi connectivity index (χ4v) is 1.48. The van der Waals surface area contributed by atoms with E-state index >= 15 is 0 Å². The molecule has 0 heterocycles. The first-order valence-corrected chi connectivity index (χ1v) is 5.54. The Morgan fingerprint density at radius 3 is 2.40 bits per heavy atom. The molecule has 4 N–H and O–H groups in total. The van der Waals surface area contributed by atoms with Gasteiger partial charge in [0.2, 0.25) is 11.8 Å². The molecule has 0 saturated heterocycles. The third-order valence-electron chi connectivity index (χ3n) is 2.41. The molecule has 8 heteroatoms. The fourth-order valence-electron chi connectivity index (χ4n) is 1.48. The van der Waals surface area contributed by atoms with E-state index in [0.717, 1.165) is 12.1 Å². The Kier molecular flexibility index (Phi) is 5.13. The second-order valence-electron chi connectivity index (χ2n) is 4.05. The summed E-state index contributed by atoms with van der Waals surface area (Å²) in [6.07, 6.45) is -0.987. The molecule has 0 radical (unpaired) electrons. The Bertz CT molecular complexity index is 548. The molecule has 0 fully saturated rings. The summed E-state index contributed by atoms with van der Waals surface area (Å²) in [5.74, 6) is -5.17. The number of nitrogens with two attached hydrogens (primary N) is 1. The molecule has 0 aliphatic rings. The minimum absolute atomic E-state index is 0.181. The topological polar surface area (TPSA) is 109 Å². The molecule has 0 saturated carbocycles. The minimum Gasteiger partial charge on any atom is -0.481 e. The number of carbonyl (C=O) groups excluding carboxylic acids is 2. The van der Waals surface area contributed by atoms with Crippen LogP contribution in [0.4, 0.5) is 8.78 Å². The van der Waals surface area contributed by atoms with Crippen LogP contribution in [0.15, 0.2) is 18.2 Å². The zero-order chi connectivity index (χ0) is 15.3. The Labute approximate surface area is 112 Å². The molecule has 1 aromatic carbocycles. The van der Waals surface area contributed by atoms with Crippen molar-refractivity contribution in [3.05, 3.63) is 35.4 Å². The average Bonchev–Trinajstić information content (AvgIpc) is 2.32. The lowest BCUT2D eigenvalue weighted by atomic mass is 10.1. The number of benzene rings is 1. The maximum absolute atomic E-state index is 12.9. The number of aliphatic carboxylic acids is 1. The van der Waals surface area contributed by atoms with Crippen LogP contribution in [0.5, 0.6) is 0 Å². The Morgan fingerprint density at radius 1 is 1.25 bits per heavy atom. The summed E-state index contributed by atoms with van der Waals surface area (Å²) in [6.45, 7) is 0. The van der Waals surface area contributed by atoms with Crippen LogP contribution in [0.2, 0.25) is 0 Å². The maximum atomic E-state index is 12.9. The molecule has 0 bridgehead atoms.